The molecule has 0 saturated carbocycles. The van der Waals surface area contributed by atoms with E-state index in [1.54, 1.807) is 4.90 Å². The van der Waals surface area contributed by atoms with Crippen molar-refractivity contribution in [2.45, 2.75) is 26.2 Å². The Morgan fingerprint density at radius 1 is 1.08 bits per heavy atom. The molecule has 2 aromatic rings. The number of para-hydroxylation sites is 2. The summed E-state index contributed by atoms with van der Waals surface area (Å²) in [5.74, 6) is -2.33. The van der Waals surface area contributed by atoms with Gasteiger partial charge in [0.2, 0.25) is 11.8 Å². The molecule has 0 saturated heterocycles. The van der Waals surface area contributed by atoms with Crippen LogP contribution in [0, 0.1) is 11.6 Å². The normalized spacial score (nSPS) is 13.3. The number of rotatable bonds is 4. The standard InChI is InChI=1S/C20H20F2N2O2/c1-14(25)23(20-16(21)8-4-9-17(20)22)13-11-19(26)24-12-5-7-15-6-2-3-10-18(15)24/h2-4,6,8-10H,5,7,11-13H2,1H3. The molecule has 0 aliphatic carbocycles. The SMILES string of the molecule is CC(=O)N(CCC(=O)N1CCCc2ccccc21)c1c(F)cccc1F. The molecule has 136 valence electrons. The van der Waals surface area contributed by atoms with Crippen molar-refractivity contribution < 1.29 is 18.4 Å². The lowest BCUT2D eigenvalue weighted by atomic mass is 10.0. The molecule has 6 heteroatoms. The van der Waals surface area contributed by atoms with Crippen LogP contribution in [0.25, 0.3) is 0 Å². The Morgan fingerprint density at radius 3 is 2.46 bits per heavy atom. The third-order valence-electron chi connectivity index (χ3n) is 4.55. The Morgan fingerprint density at radius 2 is 1.77 bits per heavy atom. The fourth-order valence-electron chi connectivity index (χ4n) is 3.31. The highest BCUT2D eigenvalue weighted by Gasteiger charge is 2.25. The number of amides is 2. The Bertz CT molecular complexity index is 818. The molecule has 0 fully saturated rings. The number of nitrogens with zero attached hydrogens (tertiary/aromatic N) is 2. The molecule has 0 aromatic heterocycles. The van der Waals surface area contributed by atoms with Crippen molar-refractivity contribution in [1.29, 1.82) is 0 Å². The van der Waals surface area contributed by atoms with Gasteiger partial charge >= 0.3 is 0 Å². The third kappa shape index (κ3) is 3.59. The summed E-state index contributed by atoms with van der Waals surface area (Å²) < 4.78 is 28.0. The number of fused-ring (bicyclic) bond motifs is 1. The molecule has 2 aromatic carbocycles. The first-order valence-electron chi connectivity index (χ1n) is 8.59. The van der Waals surface area contributed by atoms with Crippen molar-refractivity contribution in [2.24, 2.45) is 0 Å². The first-order valence-corrected chi connectivity index (χ1v) is 8.59. The maximum Gasteiger partial charge on any atom is 0.228 e. The van der Waals surface area contributed by atoms with Crippen LogP contribution in [0.4, 0.5) is 20.2 Å². The van der Waals surface area contributed by atoms with Crippen LogP contribution in [0.1, 0.15) is 25.3 Å². The van der Waals surface area contributed by atoms with Crippen LogP contribution < -0.4 is 9.80 Å². The van der Waals surface area contributed by atoms with Crippen molar-refractivity contribution in [1.82, 2.24) is 0 Å². The molecular weight excluding hydrogens is 338 g/mol. The van der Waals surface area contributed by atoms with E-state index in [-0.39, 0.29) is 18.9 Å². The molecule has 0 atom stereocenters. The van der Waals surface area contributed by atoms with E-state index in [1.807, 2.05) is 24.3 Å². The van der Waals surface area contributed by atoms with E-state index < -0.39 is 23.2 Å². The lowest BCUT2D eigenvalue weighted by Gasteiger charge is -2.30. The number of anilines is 2. The summed E-state index contributed by atoms with van der Waals surface area (Å²) in [6.07, 6.45) is 1.77. The van der Waals surface area contributed by atoms with Crippen LogP contribution in [0.5, 0.6) is 0 Å². The van der Waals surface area contributed by atoms with E-state index in [2.05, 4.69) is 0 Å². The van der Waals surface area contributed by atoms with Crippen LogP contribution in [0.2, 0.25) is 0 Å². The maximum atomic E-state index is 14.0. The zero-order chi connectivity index (χ0) is 18.7. The second-order valence-electron chi connectivity index (χ2n) is 6.27. The van der Waals surface area contributed by atoms with Crippen LogP contribution >= 0.6 is 0 Å². The summed E-state index contributed by atoms with van der Waals surface area (Å²) in [6.45, 7) is 1.75. The molecule has 1 aliphatic rings. The van der Waals surface area contributed by atoms with Gasteiger partial charge in [-0.05, 0) is 36.6 Å². The van der Waals surface area contributed by atoms with Crippen LogP contribution in [-0.2, 0) is 16.0 Å². The Kier molecular flexibility index (Phi) is 5.30. The van der Waals surface area contributed by atoms with E-state index >= 15 is 0 Å². The monoisotopic (exact) mass is 358 g/mol. The molecule has 4 nitrogen and oxygen atoms in total. The van der Waals surface area contributed by atoms with Gasteiger partial charge in [0.25, 0.3) is 0 Å². The Hall–Kier alpha value is -2.76. The summed E-state index contributed by atoms with van der Waals surface area (Å²) in [6, 6.07) is 11.1. The summed E-state index contributed by atoms with van der Waals surface area (Å²) >= 11 is 0. The van der Waals surface area contributed by atoms with E-state index in [9.17, 15) is 18.4 Å². The van der Waals surface area contributed by atoms with Crippen molar-refractivity contribution in [3.8, 4) is 0 Å². The Labute approximate surface area is 151 Å². The number of hydrogen-bond donors (Lipinski definition) is 0. The van der Waals surface area contributed by atoms with E-state index in [1.165, 1.54) is 13.0 Å². The van der Waals surface area contributed by atoms with Gasteiger partial charge < -0.3 is 9.80 Å². The zero-order valence-corrected chi connectivity index (χ0v) is 14.5. The van der Waals surface area contributed by atoms with Crippen LogP contribution in [0.3, 0.4) is 0 Å². The molecule has 3 rings (SSSR count). The van der Waals surface area contributed by atoms with Gasteiger partial charge in [0, 0.05) is 32.1 Å². The first kappa shape index (κ1) is 18.0. The van der Waals surface area contributed by atoms with E-state index in [0.717, 1.165) is 41.1 Å². The summed E-state index contributed by atoms with van der Waals surface area (Å²) in [7, 11) is 0. The molecule has 0 spiro atoms. The number of hydrogen-bond acceptors (Lipinski definition) is 2. The van der Waals surface area contributed by atoms with E-state index in [4.69, 9.17) is 0 Å². The largest absolute Gasteiger partial charge is 0.312 e. The molecule has 0 N–H and O–H groups in total. The smallest absolute Gasteiger partial charge is 0.228 e. The summed E-state index contributed by atoms with van der Waals surface area (Å²) in [5.41, 5.74) is 1.57. The fraction of sp³-hybridized carbons (Fsp3) is 0.300. The fourth-order valence-corrected chi connectivity index (χ4v) is 3.31. The van der Waals surface area contributed by atoms with Crippen molar-refractivity contribution in [3.63, 3.8) is 0 Å². The maximum absolute atomic E-state index is 14.0. The minimum absolute atomic E-state index is 0.0122. The highest BCUT2D eigenvalue weighted by Crippen LogP contribution is 2.28. The summed E-state index contributed by atoms with van der Waals surface area (Å²) in [4.78, 5) is 27.3. The van der Waals surface area contributed by atoms with Gasteiger partial charge in [0.05, 0.1) is 0 Å². The lowest BCUT2D eigenvalue weighted by Crippen LogP contribution is -2.39. The minimum Gasteiger partial charge on any atom is -0.312 e. The van der Waals surface area contributed by atoms with Gasteiger partial charge in [-0.15, -0.1) is 0 Å². The van der Waals surface area contributed by atoms with Crippen molar-refractivity contribution >= 4 is 23.2 Å². The lowest BCUT2D eigenvalue weighted by molar-refractivity contribution is -0.118. The second kappa shape index (κ2) is 7.64. The molecule has 0 bridgehead atoms. The Balaban J connectivity index is 1.77. The molecule has 2 amide bonds. The average molecular weight is 358 g/mol. The quantitative estimate of drug-likeness (QED) is 0.836. The zero-order valence-electron chi connectivity index (χ0n) is 14.5. The van der Waals surface area contributed by atoms with Crippen molar-refractivity contribution in [2.75, 3.05) is 22.9 Å². The second-order valence-corrected chi connectivity index (χ2v) is 6.27. The van der Waals surface area contributed by atoms with Crippen molar-refractivity contribution in [3.05, 3.63) is 59.7 Å². The number of halogens is 2. The van der Waals surface area contributed by atoms with Crippen LogP contribution in [0.15, 0.2) is 42.5 Å². The predicted octanol–water partition coefficient (Wildman–Crippen LogP) is 3.69. The van der Waals surface area contributed by atoms with Gasteiger partial charge in [-0.1, -0.05) is 24.3 Å². The highest BCUT2D eigenvalue weighted by atomic mass is 19.1. The van der Waals surface area contributed by atoms with Gasteiger partial charge in [0.1, 0.15) is 17.3 Å². The third-order valence-corrected chi connectivity index (χ3v) is 4.55. The number of aryl methyl sites for hydroxylation is 1. The number of benzene rings is 2. The highest BCUT2D eigenvalue weighted by molar-refractivity contribution is 5.97. The van der Waals surface area contributed by atoms with E-state index in [0.29, 0.717) is 6.54 Å². The molecule has 1 aliphatic heterocycles. The molecule has 26 heavy (non-hydrogen) atoms. The van der Waals surface area contributed by atoms with Gasteiger partial charge in [0.15, 0.2) is 0 Å². The topological polar surface area (TPSA) is 40.6 Å². The molecule has 1 heterocycles. The number of carbonyl (C=O) groups is 2. The molecule has 0 radical (unpaired) electrons. The average Bonchev–Trinajstić information content (AvgIpc) is 2.63. The van der Waals surface area contributed by atoms with Gasteiger partial charge in [-0.25, -0.2) is 8.78 Å². The molecular formula is C20H20F2N2O2. The predicted molar refractivity (Wildman–Crippen MR) is 96.1 cm³/mol. The number of carbonyl (C=O) groups excluding carboxylic acids is 2. The summed E-state index contributed by atoms with van der Waals surface area (Å²) in [5, 5.41) is 0. The van der Waals surface area contributed by atoms with Crippen LogP contribution in [-0.4, -0.2) is 24.9 Å². The minimum atomic E-state index is -0.823. The van der Waals surface area contributed by atoms with Gasteiger partial charge in [-0.3, -0.25) is 9.59 Å². The van der Waals surface area contributed by atoms with Gasteiger partial charge in [-0.2, -0.15) is 0 Å². The molecule has 0 unspecified atom stereocenters. The first-order chi connectivity index (χ1) is 12.5.